The number of carbonyl (C=O) groups is 1. The van der Waals surface area contributed by atoms with Crippen LogP contribution >= 0.6 is 23.6 Å². The fourth-order valence-electron chi connectivity index (χ4n) is 2.41. The number of anilines is 2. The molecular weight excluding hydrogens is 338 g/mol. The van der Waals surface area contributed by atoms with Crippen LogP contribution < -0.4 is 11.1 Å². The van der Waals surface area contributed by atoms with E-state index >= 15 is 0 Å². The zero-order valence-electron chi connectivity index (χ0n) is 13.4. The van der Waals surface area contributed by atoms with Crippen LogP contribution in [-0.4, -0.2) is 10.5 Å². The van der Waals surface area contributed by atoms with Crippen LogP contribution in [0, 0.1) is 17.8 Å². The summed E-state index contributed by atoms with van der Waals surface area (Å²) in [6.07, 6.45) is 0. The molecule has 2 aromatic carbocycles. The summed E-state index contributed by atoms with van der Waals surface area (Å²) in [5, 5.41) is 2.86. The fourth-order valence-corrected chi connectivity index (χ4v) is 3.66. The molecule has 6 heteroatoms. The van der Waals surface area contributed by atoms with E-state index in [-0.39, 0.29) is 5.91 Å². The molecule has 0 aliphatic heterocycles. The summed E-state index contributed by atoms with van der Waals surface area (Å²) in [7, 11) is 0. The zero-order chi connectivity index (χ0) is 17.3. The third kappa shape index (κ3) is 3.11. The predicted molar refractivity (Wildman–Crippen MR) is 103 cm³/mol. The number of nitrogens with one attached hydrogen (secondary N) is 1. The summed E-state index contributed by atoms with van der Waals surface area (Å²) >= 11 is 6.64. The van der Waals surface area contributed by atoms with E-state index in [4.69, 9.17) is 18.0 Å². The maximum Gasteiger partial charge on any atom is 0.269 e. The average molecular weight is 355 g/mol. The minimum atomic E-state index is -0.250. The SMILES string of the molecule is Cc1ccc(NC(=O)c2sc(=S)n(-c3ccccc3C)c2N)cc1. The van der Waals surface area contributed by atoms with E-state index in [1.807, 2.05) is 62.4 Å². The number of thiazole rings is 1. The highest BCUT2D eigenvalue weighted by Crippen LogP contribution is 2.28. The number of hydrogen-bond donors (Lipinski definition) is 2. The van der Waals surface area contributed by atoms with Crippen LogP contribution in [0.15, 0.2) is 48.5 Å². The molecule has 0 spiro atoms. The van der Waals surface area contributed by atoms with E-state index in [1.165, 1.54) is 11.3 Å². The number of amides is 1. The van der Waals surface area contributed by atoms with Crippen LogP contribution in [0.2, 0.25) is 0 Å². The molecular formula is C18H17N3OS2. The number of rotatable bonds is 3. The van der Waals surface area contributed by atoms with E-state index in [2.05, 4.69) is 5.32 Å². The lowest BCUT2D eigenvalue weighted by Crippen LogP contribution is -2.13. The van der Waals surface area contributed by atoms with Gasteiger partial charge < -0.3 is 11.1 Å². The molecule has 0 aliphatic carbocycles. The van der Waals surface area contributed by atoms with Gasteiger partial charge in [0.25, 0.3) is 5.91 Å². The highest BCUT2D eigenvalue weighted by molar-refractivity contribution is 7.73. The largest absolute Gasteiger partial charge is 0.383 e. The lowest BCUT2D eigenvalue weighted by Gasteiger charge is -2.09. The van der Waals surface area contributed by atoms with Crippen molar-refractivity contribution in [3.05, 3.63) is 68.5 Å². The van der Waals surface area contributed by atoms with Crippen molar-refractivity contribution in [3.63, 3.8) is 0 Å². The van der Waals surface area contributed by atoms with Gasteiger partial charge in [-0.05, 0) is 49.8 Å². The maximum absolute atomic E-state index is 12.6. The molecule has 0 saturated heterocycles. The Hall–Kier alpha value is -2.44. The average Bonchev–Trinajstić information content (AvgIpc) is 2.85. The van der Waals surface area contributed by atoms with Gasteiger partial charge in [-0.1, -0.05) is 47.2 Å². The van der Waals surface area contributed by atoms with Crippen LogP contribution in [0.1, 0.15) is 20.8 Å². The third-order valence-electron chi connectivity index (χ3n) is 3.72. The van der Waals surface area contributed by atoms with Crippen LogP contribution in [0.25, 0.3) is 5.69 Å². The van der Waals surface area contributed by atoms with Crippen molar-refractivity contribution in [1.29, 1.82) is 0 Å². The Morgan fingerprint density at radius 2 is 1.79 bits per heavy atom. The number of hydrogen-bond acceptors (Lipinski definition) is 4. The second-order valence-electron chi connectivity index (χ2n) is 5.52. The normalized spacial score (nSPS) is 10.6. The van der Waals surface area contributed by atoms with Gasteiger partial charge in [0.15, 0.2) is 3.95 Å². The third-order valence-corrected chi connectivity index (χ3v) is 5.11. The molecule has 122 valence electrons. The Balaban J connectivity index is 1.97. The Kier molecular flexibility index (Phi) is 4.51. The molecule has 0 bridgehead atoms. The highest BCUT2D eigenvalue weighted by atomic mass is 32.1. The number of carbonyl (C=O) groups excluding carboxylic acids is 1. The van der Waals surface area contributed by atoms with Crippen molar-refractivity contribution in [2.45, 2.75) is 13.8 Å². The van der Waals surface area contributed by atoms with Gasteiger partial charge in [0.05, 0.1) is 5.69 Å². The number of benzene rings is 2. The van der Waals surface area contributed by atoms with E-state index in [0.717, 1.165) is 22.5 Å². The summed E-state index contributed by atoms with van der Waals surface area (Å²) in [6, 6.07) is 15.4. The minimum Gasteiger partial charge on any atom is -0.383 e. The van der Waals surface area contributed by atoms with Crippen molar-refractivity contribution in [1.82, 2.24) is 4.57 Å². The molecule has 3 aromatic rings. The van der Waals surface area contributed by atoms with Gasteiger partial charge in [-0.15, -0.1) is 0 Å². The molecule has 1 aromatic heterocycles. The Labute approximate surface area is 149 Å². The smallest absolute Gasteiger partial charge is 0.269 e. The van der Waals surface area contributed by atoms with Crippen LogP contribution in [0.5, 0.6) is 0 Å². The first-order chi connectivity index (χ1) is 11.5. The van der Waals surface area contributed by atoms with Crippen LogP contribution in [0.4, 0.5) is 11.5 Å². The van der Waals surface area contributed by atoms with Crippen molar-refractivity contribution in [3.8, 4) is 5.69 Å². The number of nitrogens with two attached hydrogens (primary N) is 1. The van der Waals surface area contributed by atoms with Gasteiger partial charge >= 0.3 is 0 Å². The monoisotopic (exact) mass is 355 g/mol. The van der Waals surface area contributed by atoms with Crippen molar-refractivity contribution >= 4 is 41.0 Å². The molecule has 0 fully saturated rings. The molecule has 3 rings (SSSR count). The summed E-state index contributed by atoms with van der Waals surface area (Å²) in [5.41, 5.74) is 10.0. The van der Waals surface area contributed by atoms with Gasteiger partial charge in [0, 0.05) is 5.69 Å². The first-order valence-electron chi connectivity index (χ1n) is 7.42. The number of para-hydroxylation sites is 1. The second-order valence-corrected chi connectivity index (χ2v) is 7.17. The summed E-state index contributed by atoms with van der Waals surface area (Å²) in [5.74, 6) is 0.115. The lowest BCUT2D eigenvalue weighted by molar-refractivity contribution is 0.103. The first-order valence-corrected chi connectivity index (χ1v) is 8.65. The summed E-state index contributed by atoms with van der Waals surface area (Å²) in [6.45, 7) is 3.98. The number of aryl methyl sites for hydroxylation is 2. The standard InChI is InChI=1S/C18H17N3OS2/c1-11-7-9-13(10-8-11)20-17(22)15-16(19)21(18(23)24-15)14-6-4-3-5-12(14)2/h3-10H,19H2,1-2H3,(H,20,22). The van der Waals surface area contributed by atoms with Crippen molar-refractivity contribution in [2.24, 2.45) is 0 Å². The number of nitrogen functional groups attached to an aromatic ring is 1. The van der Waals surface area contributed by atoms with Crippen LogP contribution in [0.3, 0.4) is 0 Å². The van der Waals surface area contributed by atoms with Crippen LogP contribution in [-0.2, 0) is 0 Å². The maximum atomic E-state index is 12.6. The number of aromatic nitrogens is 1. The van der Waals surface area contributed by atoms with E-state index in [1.54, 1.807) is 4.57 Å². The van der Waals surface area contributed by atoms with Gasteiger partial charge in [-0.25, -0.2) is 0 Å². The first kappa shape index (κ1) is 16.4. The van der Waals surface area contributed by atoms with Gasteiger partial charge in [-0.2, -0.15) is 0 Å². The molecule has 0 atom stereocenters. The van der Waals surface area contributed by atoms with Gasteiger partial charge in [0.2, 0.25) is 0 Å². The van der Waals surface area contributed by atoms with Crippen molar-refractivity contribution < 1.29 is 4.79 Å². The molecule has 0 aliphatic rings. The topological polar surface area (TPSA) is 60.0 Å². The zero-order valence-corrected chi connectivity index (χ0v) is 15.0. The second kappa shape index (κ2) is 6.59. The Bertz CT molecular complexity index is 955. The number of nitrogens with zero attached hydrogens (tertiary/aromatic N) is 1. The Morgan fingerprint density at radius 1 is 1.12 bits per heavy atom. The molecule has 0 unspecified atom stereocenters. The summed E-state index contributed by atoms with van der Waals surface area (Å²) < 4.78 is 2.30. The lowest BCUT2D eigenvalue weighted by atomic mass is 10.2. The fraction of sp³-hybridized carbons (Fsp3) is 0.111. The van der Waals surface area contributed by atoms with Gasteiger partial charge in [-0.3, -0.25) is 9.36 Å². The molecule has 0 radical (unpaired) electrons. The van der Waals surface area contributed by atoms with E-state index in [0.29, 0.717) is 14.6 Å². The van der Waals surface area contributed by atoms with E-state index in [9.17, 15) is 4.79 Å². The Morgan fingerprint density at radius 3 is 2.46 bits per heavy atom. The summed E-state index contributed by atoms with van der Waals surface area (Å²) in [4.78, 5) is 13.0. The molecule has 0 saturated carbocycles. The highest BCUT2D eigenvalue weighted by Gasteiger charge is 2.19. The molecule has 24 heavy (non-hydrogen) atoms. The molecule has 1 heterocycles. The molecule has 3 N–H and O–H groups in total. The van der Waals surface area contributed by atoms with E-state index < -0.39 is 0 Å². The molecule has 4 nitrogen and oxygen atoms in total. The minimum absolute atomic E-state index is 0.250. The quantitative estimate of drug-likeness (QED) is 0.668. The molecule has 1 amide bonds. The van der Waals surface area contributed by atoms with Crippen molar-refractivity contribution in [2.75, 3.05) is 11.1 Å². The van der Waals surface area contributed by atoms with Gasteiger partial charge in [0.1, 0.15) is 10.7 Å². The predicted octanol–water partition coefficient (Wildman–Crippen LogP) is 4.72.